The van der Waals surface area contributed by atoms with Gasteiger partial charge in [-0.2, -0.15) is 0 Å². The van der Waals surface area contributed by atoms with Gasteiger partial charge in [-0.05, 0) is 48.8 Å². The Kier molecular flexibility index (Phi) is 3.81. The van der Waals surface area contributed by atoms with Crippen LogP contribution in [0.15, 0.2) is 10.9 Å². The molecule has 0 saturated carbocycles. The maximum Gasteiger partial charge on any atom is 0.177 e. The lowest BCUT2D eigenvalue weighted by Gasteiger charge is -2.25. The van der Waals surface area contributed by atoms with Crippen LogP contribution in [0.4, 0.5) is 0 Å². The van der Waals surface area contributed by atoms with E-state index in [-0.39, 0.29) is 0 Å². The smallest absolute Gasteiger partial charge is 0.177 e. The molecule has 1 aliphatic rings. The predicted octanol–water partition coefficient (Wildman–Crippen LogP) is 2.65. The van der Waals surface area contributed by atoms with Crippen LogP contribution in [0.2, 0.25) is 0 Å². The van der Waals surface area contributed by atoms with Crippen molar-refractivity contribution in [2.24, 2.45) is 0 Å². The first-order chi connectivity index (χ1) is 7.29. The number of hydrogen-bond acceptors (Lipinski definition) is 2. The van der Waals surface area contributed by atoms with E-state index in [1.807, 2.05) is 0 Å². The van der Waals surface area contributed by atoms with Crippen molar-refractivity contribution >= 4 is 15.9 Å². The molecule has 4 heteroatoms. The highest BCUT2D eigenvalue weighted by atomic mass is 79.9. The summed E-state index contributed by atoms with van der Waals surface area (Å²) in [5, 5.41) is 0. The molecule has 15 heavy (non-hydrogen) atoms. The number of imidazole rings is 1. The summed E-state index contributed by atoms with van der Waals surface area (Å²) in [6.07, 6.45) is 6.23. The summed E-state index contributed by atoms with van der Waals surface area (Å²) >= 11 is 3.48. The lowest BCUT2D eigenvalue weighted by atomic mass is 10.1. The van der Waals surface area contributed by atoms with Gasteiger partial charge in [-0.15, -0.1) is 0 Å². The second kappa shape index (κ2) is 5.12. The largest absolute Gasteiger partial charge is 0.326 e. The average Bonchev–Trinajstić information content (AvgIpc) is 2.60. The van der Waals surface area contributed by atoms with Crippen molar-refractivity contribution in [3.63, 3.8) is 0 Å². The Labute approximate surface area is 99.6 Å². The van der Waals surface area contributed by atoms with Crippen molar-refractivity contribution in [3.8, 4) is 0 Å². The third-order valence-corrected chi connectivity index (χ3v) is 3.59. The zero-order valence-corrected chi connectivity index (χ0v) is 10.8. The Morgan fingerprint density at radius 3 is 2.67 bits per heavy atom. The Morgan fingerprint density at radius 2 is 2.07 bits per heavy atom. The number of piperidine rings is 1. The SMILES string of the molecule is CCn1cc(CN2CCCCC2)nc1Br. The minimum Gasteiger partial charge on any atom is -0.326 e. The van der Waals surface area contributed by atoms with Gasteiger partial charge < -0.3 is 4.57 Å². The number of rotatable bonds is 3. The zero-order chi connectivity index (χ0) is 10.7. The van der Waals surface area contributed by atoms with E-state index < -0.39 is 0 Å². The monoisotopic (exact) mass is 271 g/mol. The topological polar surface area (TPSA) is 21.1 Å². The molecule has 1 aromatic heterocycles. The highest BCUT2D eigenvalue weighted by molar-refractivity contribution is 9.10. The van der Waals surface area contributed by atoms with Gasteiger partial charge in [0.25, 0.3) is 0 Å². The number of likely N-dealkylation sites (tertiary alicyclic amines) is 1. The van der Waals surface area contributed by atoms with Crippen LogP contribution in [0.25, 0.3) is 0 Å². The number of hydrogen-bond donors (Lipinski definition) is 0. The van der Waals surface area contributed by atoms with Crippen LogP contribution >= 0.6 is 15.9 Å². The number of nitrogens with zero attached hydrogens (tertiary/aromatic N) is 3. The Bertz CT molecular complexity index is 316. The van der Waals surface area contributed by atoms with Crippen LogP contribution in [0.5, 0.6) is 0 Å². The molecule has 3 nitrogen and oxygen atoms in total. The molecule has 0 unspecified atom stereocenters. The van der Waals surface area contributed by atoms with E-state index in [0.717, 1.165) is 17.8 Å². The summed E-state index contributed by atoms with van der Waals surface area (Å²) in [4.78, 5) is 7.01. The third kappa shape index (κ3) is 2.82. The van der Waals surface area contributed by atoms with E-state index in [9.17, 15) is 0 Å². The van der Waals surface area contributed by atoms with Crippen molar-refractivity contribution in [2.75, 3.05) is 13.1 Å². The molecule has 1 saturated heterocycles. The number of aryl methyl sites for hydroxylation is 1. The first kappa shape index (κ1) is 11.1. The third-order valence-electron chi connectivity index (χ3n) is 2.95. The second-order valence-electron chi connectivity index (χ2n) is 4.12. The van der Waals surface area contributed by atoms with Gasteiger partial charge in [0.05, 0.1) is 5.69 Å². The molecule has 84 valence electrons. The normalized spacial score (nSPS) is 18.3. The Morgan fingerprint density at radius 1 is 1.33 bits per heavy atom. The predicted molar refractivity (Wildman–Crippen MR) is 64.7 cm³/mol. The summed E-state index contributed by atoms with van der Waals surface area (Å²) in [5.74, 6) is 0. The van der Waals surface area contributed by atoms with E-state index >= 15 is 0 Å². The quantitative estimate of drug-likeness (QED) is 0.843. The fourth-order valence-corrected chi connectivity index (χ4v) is 2.67. The molecule has 0 atom stereocenters. The molecular weight excluding hydrogens is 254 g/mol. The Balaban J connectivity index is 1.97. The van der Waals surface area contributed by atoms with Gasteiger partial charge >= 0.3 is 0 Å². The van der Waals surface area contributed by atoms with Crippen LogP contribution in [0.1, 0.15) is 31.9 Å². The summed E-state index contributed by atoms with van der Waals surface area (Å²) in [7, 11) is 0. The summed E-state index contributed by atoms with van der Waals surface area (Å²) < 4.78 is 3.09. The van der Waals surface area contributed by atoms with Crippen LogP contribution < -0.4 is 0 Å². The Hall–Kier alpha value is -0.350. The van der Waals surface area contributed by atoms with Crippen LogP contribution in [0.3, 0.4) is 0 Å². The van der Waals surface area contributed by atoms with Crippen LogP contribution in [-0.2, 0) is 13.1 Å². The van der Waals surface area contributed by atoms with E-state index in [4.69, 9.17) is 0 Å². The van der Waals surface area contributed by atoms with Crippen molar-refractivity contribution in [3.05, 3.63) is 16.6 Å². The lowest BCUT2D eigenvalue weighted by molar-refractivity contribution is 0.218. The highest BCUT2D eigenvalue weighted by Crippen LogP contribution is 2.15. The van der Waals surface area contributed by atoms with Crippen molar-refractivity contribution in [1.29, 1.82) is 0 Å². The molecule has 0 N–H and O–H groups in total. The van der Waals surface area contributed by atoms with Gasteiger partial charge in [-0.1, -0.05) is 6.42 Å². The molecule has 0 aliphatic carbocycles. The number of aromatic nitrogens is 2. The fourth-order valence-electron chi connectivity index (χ4n) is 2.09. The van der Waals surface area contributed by atoms with E-state index in [1.54, 1.807) is 0 Å². The summed E-state index contributed by atoms with van der Waals surface area (Å²) in [6, 6.07) is 0. The molecule has 2 heterocycles. The summed E-state index contributed by atoms with van der Waals surface area (Å²) in [6.45, 7) is 6.59. The summed E-state index contributed by atoms with van der Waals surface area (Å²) in [5.41, 5.74) is 1.19. The molecule has 0 amide bonds. The van der Waals surface area contributed by atoms with Crippen LogP contribution in [0, 0.1) is 0 Å². The maximum absolute atomic E-state index is 4.51. The van der Waals surface area contributed by atoms with E-state index in [1.165, 1.54) is 38.0 Å². The average molecular weight is 272 g/mol. The van der Waals surface area contributed by atoms with E-state index in [2.05, 4.69) is 43.5 Å². The van der Waals surface area contributed by atoms with Gasteiger partial charge in [-0.25, -0.2) is 4.98 Å². The van der Waals surface area contributed by atoms with Gasteiger partial charge in [0.2, 0.25) is 0 Å². The van der Waals surface area contributed by atoms with Gasteiger partial charge in [0.1, 0.15) is 0 Å². The molecule has 0 spiro atoms. The van der Waals surface area contributed by atoms with Crippen molar-refractivity contribution in [2.45, 2.75) is 39.3 Å². The molecule has 1 fully saturated rings. The standard InChI is InChI=1S/C11H18BrN3/c1-2-15-9-10(13-11(15)12)8-14-6-4-3-5-7-14/h9H,2-8H2,1H3. The minimum atomic E-state index is 0.956. The molecule has 1 aliphatic heterocycles. The fraction of sp³-hybridized carbons (Fsp3) is 0.727. The maximum atomic E-state index is 4.51. The van der Waals surface area contributed by atoms with Gasteiger partial charge in [0, 0.05) is 19.3 Å². The minimum absolute atomic E-state index is 0.956. The van der Waals surface area contributed by atoms with Crippen molar-refractivity contribution < 1.29 is 0 Å². The first-order valence-corrected chi connectivity index (χ1v) is 6.53. The van der Waals surface area contributed by atoms with E-state index in [0.29, 0.717) is 0 Å². The first-order valence-electron chi connectivity index (χ1n) is 5.73. The molecule has 0 bridgehead atoms. The second-order valence-corrected chi connectivity index (χ2v) is 4.83. The lowest BCUT2D eigenvalue weighted by Crippen LogP contribution is -2.29. The molecule has 0 radical (unpaired) electrons. The highest BCUT2D eigenvalue weighted by Gasteiger charge is 2.12. The molecule has 2 rings (SSSR count). The van der Waals surface area contributed by atoms with Gasteiger partial charge in [0.15, 0.2) is 4.73 Å². The molecule has 1 aromatic rings. The molecule has 0 aromatic carbocycles. The molecular formula is C11H18BrN3. The number of halogens is 1. The van der Waals surface area contributed by atoms with Crippen LogP contribution in [-0.4, -0.2) is 27.5 Å². The van der Waals surface area contributed by atoms with Crippen molar-refractivity contribution in [1.82, 2.24) is 14.5 Å². The zero-order valence-electron chi connectivity index (χ0n) is 9.25. The van der Waals surface area contributed by atoms with Gasteiger partial charge in [-0.3, -0.25) is 4.90 Å².